The van der Waals surface area contributed by atoms with Gasteiger partial charge < -0.3 is 20.1 Å². The number of hydrogen-bond acceptors (Lipinski definition) is 14. The van der Waals surface area contributed by atoms with Gasteiger partial charge in [0, 0.05) is 22.9 Å². The van der Waals surface area contributed by atoms with Crippen LogP contribution in [0.15, 0.2) is 91.1 Å². The van der Waals surface area contributed by atoms with Crippen LogP contribution >= 0.6 is 0 Å². The predicted octanol–water partition coefficient (Wildman–Crippen LogP) is 3.53. The van der Waals surface area contributed by atoms with Crippen LogP contribution in [-0.2, 0) is 56.3 Å². The number of aromatic amines is 1. The molecule has 1 aliphatic carbocycles. The fourth-order valence-corrected chi connectivity index (χ4v) is 9.97. The number of benzene rings is 4. The van der Waals surface area contributed by atoms with Crippen LogP contribution in [0.3, 0.4) is 0 Å². The van der Waals surface area contributed by atoms with Crippen molar-refractivity contribution in [1.29, 1.82) is 0 Å². The van der Waals surface area contributed by atoms with E-state index in [4.69, 9.17) is 9.84 Å². The molecule has 0 saturated carbocycles. The number of esters is 1. The van der Waals surface area contributed by atoms with Gasteiger partial charge in [0.1, 0.15) is 26.9 Å². The van der Waals surface area contributed by atoms with Gasteiger partial charge >= 0.3 is 11.9 Å². The van der Waals surface area contributed by atoms with Crippen LogP contribution in [0, 0.1) is 6.92 Å². The molecular formula is C35H28N2O17S4. The van der Waals surface area contributed by atoms with Crippen LogP contribution in [0.25, 0.3) is 22.0 Å². The second kappa shape index (κ2) is 14.8. The smallest absolute Gasteiger partial charge is 0.344 e. The molecule has 0 radical (unpaired) electrons. The number of aromatic nitrogens is 1. The summed E-state index contributed by atoms with van der Waals surface area (Å²) in [5.41, 5.74) is -4.95. The summed E-state index contributed by atoms with van der Waals surface area (Å²) >= 11 is 0. The van der Waals surface area contributed by atoms with Gasteiger partial charge in [-0.3, -0.25) is 28.0 Å². The topological polar surface area (TPSA) is 323 Å². The molecule has 1 aliphatic rings. The number of H-pyrrole nitrogens is 1. The molecule has 0 saturated heterocycles. The van der Waals surface area contributed by atoms with E-state index in [1.54, 1.807) is 24.3 Å². The first-order valence-corrected chi connectivity index (χ1v) is 22.3. The van der Waals surface area contributed by atoms with Crippen molar-refractivity contribution in [2.75, 3.05) is 11.1 Å². The summed E-state index contributed by atoms with van der Waals surface area (Å²) in [5, 5.41) is 10.6. The van der Waals surface area contributed by atoms with E-state index in [1.807, 2.05) is 6.92 Å². The van der Waals surface area contributed by atoms with Crippen molar-refractivity contribution in [2.45, 2.75) is 46.0 Å². The lowest BCUT2D eigenvalue weighted by Gasteiger charge is -2.25. The number of carboxylic acids is 1. The summed E-state index contributed by atoms with van der Waals surface area (Å²) in [5.74, 6) is -4.64. The van der Waals surface area contributed by atoms with Crippen molar-refractivity contribution in [1.82, 2.24) is 4.98 Å². The van der Waals surface area contributed by atoms with E-state index < -0.39 is 141 Å². The molecule has 0 aliphatic heterocycles. The first-order chi connectivity index (χ1) is 26.9. The van der Waals surface area contributed by atoms with Crippen LogP contribution in [0.2, 0.25) is 0 Å². The number of rotatable bonds is 13. The first kappa shape index (κ1) is 41.8. The highest BCUT2D eigenvalue weighted by Gasteiger charge is 2.37. The molecule has 5 aromatic rings. The normalized spacial score (nSPS) is 12.9. The van der Waals surface area contributed by atoms with Crippen molar-refractivity contribution in [3.8, 4) is 11.1 Å². The number of carboxylic acid groups (broad SMARTS) is 1. The quantitative estimate of drug-likeness (QED) is 0.0714. The Morgan fingerprint density at radius 1 is 0.759 bits per heavy atom. The fraction of sp³-hybridized carbons (Fsp3) is 0.143. The van der Waals surface area contributed by atoms with E-state index in [2.05, 4.69) is 10.3 Å². The van der Waals surface area contributed by atoms with E-state index in [0.717, 1.165) is 5.56 Å². The standard InChI is InChI=1S/C35H28N2O17S4/c1-17-8-10-18(11-9-17)16-54-35(42)30-27-20-5-2-3-6-21(20)33(40)28-22(15-25(58(51,52)53)32(29(27)28)37-34(30)41)36-31-23(56(45,46)47)13-19(14-24(31)57(48,49)50)55(43,44)12-4-7-26(38)39/h2-3,5-6,8-11,13-15,36H,4,7,12,16H2,1H3,(H,37,41)(H,38,39)(H,45,46,47)(H,48,49,50)(H,51,52,53). The van der Waals surface area contributed by atoms with Gasteiger partial charge in [-0.15, -0.1) is 0 Å². The molecule has 6 rings (SSSR count). The predicted molar refractivity (Wildman–Crippen MR) is 202 cm³/mol. The Morgan fingerprint density at radius 2 is 1.33 bits per heavy atom. The maximum absolute atomic E-state index is 14.4. The Morgan fingerprint density at radius 3 is 1.88 bits per heavy atom. The van der Waals surface area contributed by atoms with E-state index in [1.165, 1.54) is 24.3 Å². The van der Waals surface area contributed by atoms with Crippen molar-refractivity contribution in [2.24, 2.45) is 0 Å². The number of carbonyl (C=O) groups is 3. The second-order valence-electron chi connectivity index (χ2n) is 12.8. The summed E-state index contributed by atoms with van der Waals surface area (Å²) in [7, 11) is -21.7. The molecule has 6 N–H and O–H groups in total. The molecule has 304 valence electrons. The lowest BCUT2D eigenvalue weighted by atomic mass is 9.81. The largest absolute Gasteiger partial charge is 0.481 e. The van der Waals surface area contributed by atoms with E-state index in [-0.39, 0.29) is 29.9 Å². The molecule has 1 heterocycles. The van der Waals surface area contributed by atoms with Gasteiger partial charge in [0.15, 0.2) is 15.6 Å². The Bertz CT molecular complexity index is 3090. The first-order valence-electron chi connectivity index (χ1n) is 16.4. The minimum Gasteiger partial charge on any atom is -0.481 e. The van der Waals surface area contributed by atoms with Gasteiger partial charge in [0.25, 0.3) is 35.9 Å². The highest BCUT2D eigenvalue weighted by molar-refractivity contribution is 7.91. The molecule has 0 unspecified atom stereocenters. The zero-order chi connectivity index (χ0) is 42.7. The SMILES string of the molecule is Cc1ccc(COC(=O)c2c3c4c(c(Nc5c(S(=O)(=O)O)cc(S(=O)(=O)CCCC(=O)O)cc5S(=O)(=O)O)cc(S(=O)(=O)O)c4[nH]c2=O)C(=O)c2ccccc2-3)cc1. The van der Waals surface area contributed by atoms with Gasteiger partial charge in [-0.1, -0.05) is 54.1 Å². The van der Waals surface area contributed by atoms with E-state index in [9.17, 15) is 66.5 Å². The average molecular weight is 877 g/mol. The fourth-order valence-electron chi connectivity index (χ4n) is 6.33. The summed E-state index contributed by atoms with van der Waals surface area (Å²) in [6, 6.07) is 13.1. The van der Waals surface area contributed by atoms with Gasteiger partial charge in [-0.25, -0.2) is 13.2 Å². The number of nitrogens with one attached hydrogen (secondary N) is 2. The van der Waals surface area contributed by atoms with Crippen molar-refractivity contribution < 1.29 is 71.6 Å². The number of sulfone groups is 1. The van der Waals surface area contributed by atoms with Gasteiger partial charge in [0.2, 0.25) is 0 Å². The molecular weight excluding hydrogens is 849 g/mol. The van der Waals surface area contributed by atoms with Crippen LogP contribution in [-0.4, -0.2) is 80.9 Å². The Labute approximate surface area is 328 Å². The molecule has 0 spiro atoms. The number of ether oxygens (including phenoxy) is 1. The number of anilines is 2. The molecule has 23 heteroatoms. The maximum atomic E-state index is 14.4. The number of hydrogen-bond donors (Lipinski definition) is 6. The molecule has 0 atom stereocenters. The van der Waals surface area contributed by atoms with Gasteiger partial charge in [0.05, 0.1) is 33.1 Å². The third-order valence-corrected chi connectivity index (χ3v) is 13.3. The number of aliphatic carboxylic acids is 1. The summed E-state index contributed by atoms with van der Waals surface area (Å²) < 4.78 is 140. The lowest BCUT2D eigenvalue weighted by molar-refractivity contribution is -0.137. The molecule has 4 aromatic carbocycles. The number of ketones is 1. The van der Waals surface area contributed by atoms with Crippen LogP contribution in [0.4, 0.5) is 11.4 Å². The van der Waals surface area contributed by atoms with E-state index in [0.29, 0.717) is 11.6 Å². The Hall–Kier alpha value is -5.82. The zero-order valence-electron chi connectivity index (χ0n) is 29.4. The number of carbonyl (C=O) groups excluding carboxylic acids is 2. The number of fused-ring (bicyclic) bond motifs is 2. The monoisotopic (exact) mass is 876 g/mol. The zero-order valence-corrected chi connectivity index (χ0v) is 32.7. The average Bonchev–Trinajstić information content (AvgIpc) is 3.11. The van der Waals surface area contributed by atoms with Crippen molar-refractivity contribution in [3.05, 3.63) is 105 Å². The minimum absolute atomic E-state index is 0.105. The summed E-state index contributed by atoms with van der Waals surface area (Å²) in [6.07, 6.45) is -1.21. The number of pyridine rings is 1. The molecule has 1 aromatic heterocycles. The minimum atomic E-state index is -5.72. The third-order valence-electron chi connectivity index (χ3n) is 8.92. The van der Waals surface area contributed by atoms with E-state index >= 15 is 0 Å². The summed E-state index contributed by atoms with van der Waals surface area (Å²) in [4.78, 5) is 49.6. The summed E-state index contributed by atoms with van der Waals surface area (Å²) in [6.45, 7) is 1.46. The highest BCUT2D eigenvalue weighted by atomic mass is 32.2. The lowest BCUT2D eigenvalue weighted by Crippen LogP contribution is -2.26. The maximum Gasteiger partial charge on any atom is 0.344 e. The molecule has 19 nitrogen and oxygen atoms in total. The molecule has 0 amide bonds. The Balaban J connectivity index is 1.68. The molecule has 0 fully saturated rings. The second-order valence-corrected chi connectivity index (χ2v) is 19.1. The van der Waals surface area contributed by atoms with Crippen LogP contribution in [0.1, 0.15) is 50.2 Å². The Kier molecular flexibility index (Phi) is 10.7. The van der Waals surface area contributed by atoms with Gasteiger partial charge in [-0.05, 0) is 42.7 Å². The third kappa shape index (κ3) is 8.00. The van der Waals surface area contributed by atoms with Crippen LogP contribution < -0.4 is 10.9 Å². The van der Waals surface area contributed by atoms with Crippen LogP contribution in [0.5, 0.6) is 0 Å². The highest BCUT2D eigenvalue weighted by Crippen LogP contribution is 2.46. The number of aryl methyl sites for hydroxylation is 1. The molecule has 58 heavy (non-hydrogen) atoms. The van der Waals surface area contributed by atoms with Crippen molar-refractivity contribution >= 4 is 80.2 Å². The van der Waals surface area contributed by atoms with Crippen molar-refractivity contribution in [3.63, 3.8) is 0 Å². The molecule has 0 bridgehead atoms. The van der Waals surface area contributed by atoms with Gasteiger partial charge in [-0.2, -0.15) is 25.3 Å².